The standard InChI is InChI=1S/C12H16N6O2S/c19-11(15-12-16-13-9-21-12)8-17-4-5-20-10(6-17)7-18-3-1-2-14-18/h1-3,9-10H,4-8H2,(H,15,16,19)/t10-/m0/s1. The van der Waals surface area contributed by atoms with Crippen molar-refractivity contribution in [2.45, 2.75) is 12.6 Å². The third kappa shape index (κ3) is 4.06. The molecule has 2 aromatic rings. The number of hydrogen-bond donors (Lipinski definition) is 1. The third-order valence-electron chi connectivity index (χ3n) is 3.15. The highest BCUT2D eigenvalue weighted by Gasteiger charge is 2.22. The van der Waals surface area contributed by atoms with Crippen LogP contribution in [-0.4, -0.2) is 63.1 Å². The minimum atomic E-state index is -0.0773. The van der Waals surface area contributed by atoms with Gasteiger partial charge < -0.3 is 4.74 Å². The zero-order valence-corrected chi connectivity index (χ0v) is 12.2. The van der Waals surface area contributed by atoms with Gasteiger partial charge in [-0.1, -0.05) is 11.3 Å². The fourth-order valence-corrected chi connectivity index (χ4v) is 2.70. The summed E-state index contributed by atoms with van der Waals surface area (Å²) in [7, 11) is 0. The van der Waals surface area contributed by atoms with Crippen molar-refractivity contribution in [2.75, 3.05) is 31.6 Å². The summed E-state index contributed by atoms with van der Waals surface area (Å²) in [5, 5.41) is 14.9. The van der Waals surface area contributed by atoms with Crippen LogP contribution in [0.4, 0.5) is 5.13 Å². The molecule has 1 aliphatic heterocycles. The van der Waals surface area contributed by atoms with Gasteiger partial charge in [0.15, 0.2) is 0 Å². The summed E-state index contributed by atoms with van der Waals surface area (Å²) in [6, 6.07) is 1.89. The van der Waals surface area contributed by atoms with E-state index in [2.05, 4.69) is 25.5 Å². The van der Waals surface area contributed by atoms with Gasteiger partial charge in [-0.3, -0.25) is 19.7 Å². The van der Waals surface area contributed by atoms with Gasteiger partial charge in [-0.15, -0.1) is 10.2 Å². The van der Waals surface area contributed by atoms with E-state index in [1.165, 1.54) is 11.3 Å². The number of rotatable bonds is 5. The average Bonchev–Trinajstić information content (AvgIpc) is 3.12. The molecule has 9 heteroatoms. The number of ether oxygens (including phenoxy) is 1. The van der Waals surface area contributed by atoms with E-state index in [0.29, 0.717) is 31.4 Å². The van der Waals surface area contributed by atoms with E-state index in [1.807, 2.05) is 16.9 Å². The summed E-state index contributed by atoms with van der Waals surface area (Å²) in [5.74, 6) is -0.0773. The van der Waals surface area contributed by atoms with Gasteiger partial charge in [0.2, 0.25) is 11.0 Å². The van der Waals surface area contributed by atoms with Gasteiger partial charge in [-0.05, 0) is 6.07 Å². The summed E-state index contributed by atoms with van der Waals surface area (Å²) in [5.41, 5.74) is 1.59. The van der Waals surface area contributed by atoms with Crippen LogP contribution < -0.4 is 5.32 Å². The highest BCUT2D eigenvalue weighted by molar-refractivity contribution is 7.13. The Morgan fingerprint density at radius 3 is 3.29 bits per heavy atom. The van der Waals surface area contributed by atoms with Gasteiger partial charge in [0.05, 0.1) is 25.8 Å². The molecule has 1 fully saturated rings. The van der Waals surface area contributed by atoms with Crippen LogP contribution in [0.1, 0.15) is 0 Å². The van der Waals surface area contributed by atoms with Crippen molar-refractivity contribution >= 4 is 22.4 Å². The number of aromatic nitrogens is 4. The van der Waals surface area contributed by atoms with Crippen LogP contribution in [-0.2, 0) is 16.1 Å². The Morgan fingerprint density at radius 1 is 1.57 bits per heavy atom. The van der Waals surface area contributed by atoms with Crippen LogP contribution in [0.15, 0.2) is 24.0 Å². The summed E-state index contributed by atoms with van der Waals surface area (Å²) < 4.78 is 7.56. The first kappa shape index (κ1) is 14.1. The maximum absolute atomic E-state index is 11.9. The molecule has 2 aromatic heterocycles. The first-order valence-electron chi connectivity index (χ1n) is 6.67. The molecule has 0 radical (unpaired) electrons. The molecule has 21 heavy (non-hydrogen) atoms. The van der Waals surface area contributed by atoms with Gasteiger partial charge in [-0.25, -0.2) is 0 Å². The van der Waals surface area contributed by atoms with Crippen molar-refractivity contribution in [2.24, 2.45) is 0 Å². The largest absolute Gasteiger partial charge is 0.374 e. The molecule has 1 saturated heterocycles. The SMILES string of the molecule is O=C(CN1CCO[C@H](Cn2cccn2)C1)Nc1nncs1. The topological polar surface area (TPSA) is 85.2 Å². The molecule has 0 bridgehead atoms. The van der Waals surface area contributed by atoms with Crippen LogP contribution in [0.3, 0.4) is 0 Å². The first-order valence-corrected chi connectivity index (χ1v) is 7.55. The predicted octanol–water partition coefficient (Wildman–Crippen LogP) is 0.0741. The molecule has 3 heterocycles. The van der Waals surface area contributed by atoms with Crippen molar-refractivity contribution < 1.29 is 9.53 Å². The van der Waals surface area contributed by atoms with Crippen LogP contribution in [0.5, 0.6) is 0 Å². The van der Waals surface area contributed by atoms with E-state index in [-0.39, 0.29) is 12.0 Å². The summed E-state index contributed by atoms with van der Waals surface area (Å²) >= 11 is 1.31. The normalized spacial score (nSPS) is 19.5. The number of amides is 1. The minimum absolute atomic E-state index is 0.0491. The quantitative estimate of drug-likeness (QED) is 0.841. The fraction of sp³-hybridized carbons (Fsp3) is 0.500. The van der Waals surface area contributed by atoms with Crippen LogP contribution in [0.25, 0.3) is 0 Å². The maximum atomic E-state index is 11.9. The molecule has 0 saturated carbocycles. The highest BCUT2D eigenvalue weighted by atomic mass is 32.1. The van der Waals surface area contributed by atoms with E-state index < -0.39 is 0 Å². The van der Waals surface area contributed by atoms with Gasteiger partial charge in [0.25, 0.3) is 0 Å². The minimum Gasteiger partial charge on any atom is -0.374 e. The Morgan fingerprint density at radius 2 is 2.52 bits per heavy atom. The molecule has 0 spiro atoms. The molecule has 112 valence electrons. The first-order chi connectivity index (χ1) is 10.3. The molecular weight excluding hydrogens is 292 g/mol. The number of nitrogens with one attached hydrogen (secondary N) is 1. The lowest BCUT2D eigenvalue weighted by molar-refractivity contribution is -0.119. The monoisotopic (exact) mass is 308 g/mol. The van der Waals surface area contributed by atoms with Crippen molar-refractivity contribution in [1.29, 1.82) is 0 Å². The Bertz CT molecular complexity index is 558. The molecule has 0 aliphatic carbocycles. The molecule has 8 nitrogen and oxygen atoms in total. The maximum Gasteiger partial charge on any atom is 0.240 e. The number of carbonyl (C=O) groups is 1. The van der Waals surface area contributed by atoms with Gasteiger partial charge in [0, 0.05) is 25.5 Å². The summed E-state index contributed by atoms with van der Waals surface area (Å²) in [6.45, 7) is 3.11. The van der Waals surface area contributed by atoms with Crippen LogP contribution in [0.2, 0.25) is 0 Å². The third-order valence-corrected chi connectivity index (χ3v) is 3.75. The molecule has 0 unspecified atom stereocenters. The Balaban J connectivity index is 1.48. The lowest BCUT2D eigenvalue weighted by Gasteiger charge is -2.32. The summed E-state index contributed by atoms with van der Waals surface area (Å²) in [4.78, 5) is 14.0. The lowest BCUT2D eigenvalue weighted by Crippen LogP contribution is -2.47. The van der Waals surface area contributed by atoms with E-state index >= 15 is 0 Å². The van der Waals surface area contributed by atoms with E-state index in [4.69, 9.17) is 4.74 Å². The van der Waals surface area contributed by atoms with E-state index in [1.54, 1.807) is 11.7 Å². The van der Waals surface area contributed by atoms with Crippen molar-refractivity contribution in [3.05, 3.63) is 24.0 Å². The molecular formula is C12H16N6O2S. The van der Waals surface area contributed by atoms with E-state index in [0.717, 1.165) is 6.54 Å². The second-order valence-corrected chi connectivity index (χ2v) is 5.58. The zero-order chi connectivity index (χ0) is 14.5. The Kier molecular flexibility index (Phi) is 4.53. The number of hydrogen-bond acceptors (Lipinski definition) is 7. The van der Waals surface area contributed by atoms with Crippen molar-refractivity contribution in [3.63, 3.8) is 0 Å². The second kappa shape index (κ2) is 6.74. The predicted molar refractivity (Wildman–Crippen MR) is 76.9 cm³/mol. The molecule has 3 rings (SSSR count). The summed E-state index contributed by atoms with van der Waals surface area (Å²) in [6.07, 6.45) is 3.70. The number of anilines is 1. The molecule has 1 amide bonds. The smallest absolute Gasteiger partial charge is 0.240 e. The number of nitrogens with zero attached hydrogens (tertiary/aromatic N) is 5. The van der Waals surface area contributed by atoms with Crippen LogP contribution >= 0.6 is 11.3 Å². The fourth-order valence-electron chi connectivity index (χ4n) is 2.24. The van der Waals surface area contributed by atoms with Gasteiger partial charge in [0.1, 0.15) is 5.51 Å². The van der Waals surface area contributed by atoms with Crippen molar-refractivity contribution in [3.8, 4) is 0 Å². The lowest BCUT2D eigenvalue weighted by atomic mass is 10.2. The second-order valence-electron chi connectivity index (χ2n) is 4.75. The molecule has 0 aromatic carbocycles. The number of carbonyl (C=O) groups excluding carboxylic acids is 1. The average molecular weight is 308 g/mol. The Hall–Kier alpha value is -1.84. The van der Waals surface area contributed by atoms with Gasteiger partial charge in [-0.2, -0.15) is 5.10 Å². The highest BCUT2D eigenvalue weighted by Crippen LogP contribution is 2.10. The van der Waals surface area contributed by atoms with Crippen LogP contribution in [0, 0.1) is 0 Å². The zero-order valence-electron chi connectivity index (χ0n) is 11.4. The number of morpholine rings is 1. The van der Waals surface area contributed by atoms with Crippen molar-refractivity contribution in [1.82, 2.24) is 24.9 Å². The Labute approximate surface area is 125 Å². The molecule has 1 N–H and O–H groups in total. The molecule has 1 atom stereocenters. The molecule has 1 aliphatic rings. The van der Waals surface area contributed by atoms with Gasteiger partial charge >= 0.3 is 0 Å². The van der Waals surface area contributed by atoms with E-state index in [9.17, 15) is 4.79 Å².